The Kier molecular flexibility index (Phi) is 14.5. The average molecular weight is 476 g/mol. The first kappa shape index (κ1) is 24.1. The molecule has 1 rings (SSSR count). The van der Waals surface area contributed by atoms with Crippen LogP contribution in [0, 0.1) is 0 Å². The average Bonchev–Trinajstić information content (AvgIpc) is 2.58. The number of hydrogen-bond acceptors (Lipinski definition) is 12. The smallest absolute Gasteiger partial charge is 0.225 e. The van der Waals surface area contributed by atoms with Gasteiger partial charge in [-0.05, 0) is 5.75 Å². The first-order chi connectivity index (χ1) is 12.1. The predicted octanol–water partition coefficient (Wildman–Crippen LogP) is 2.85. The van der Waals surface area contributed by atoms with Crippen molar-refractivity contribution in [2.45, 2.75) is 15.7 Å². The first-order valence-corrected chi connectivity index (χ1v) is 13.8. The lowest BCUT2D eigenvalue weighted by Crippen LogP contribution is -2.19. The Bertz CT molecular complexity index is 462. The second-order valence-electron chi connectivity index (χ2n) is 4.80. The van der Waals surface area contributed by atoms with Crippen molar-refractivity contribution in [3.63, 3.8) is 0 Å². The molecule has 0 fully saturated rings. The largest absolute Gasteiger partial charge is 0.368 e. The summed E-state index contributed by atoms with van der Waals surface area (Å²) < 4.78 is 0. The van der Waals surface area contributed by atoms with Crippen LogP contribution in [0.1, 0.15) is 0 Å². The van der Waals surface area contributed by atoms with Crippen LogP contribution < -0.4 is 11.5 Å². The lowest BCUT2D eigenvalue weighted by Gasteiger charge is -2.20. The summed E-state index contributed by atoms with van der Waals surface area (Å²) in [6.07, 6.45) is 0. The normalized spacial score (nSPS) is 13.7. The van der Waals surface area contributed by atoms with Crippen molar-refractivity contribution in [2.75, 3.05) is 57.5 Å². The van der Waals surface area contributed by atoms with Gasteiger partial charge < -0.3 is 11.5 Å². The second-order valence-corrected chi connectivity index (χ2v) is 10.9. The summed E-state index contributed by atoms with van der Waals surface area (Å²) in [7, 11) is 0. The zero-order chi connectivity index (χ0) is 18.5. The fraction of sp³-hybridized carbons (Fsp3) is 0.769. The minimum atomic E-state index is 0.169. The summed E-state index contributed by atoms with van der Waals surface area (Å²) in [5.41, 5.74) is 11.1. The van der Waals surface area contributed by atoms with Gasteiger partial charge in [0.15, 0.2) is 5.16 Å². The maximum atomic E-state index is 5.57. The van der Waals surface area contributed by atoms with E-state index in [-0.39, 0.29) is 11.9 Å². The number of nitrogens with zero attached hydrogens (tertiary/aromatic N) is 3. The Morgan fingerprint density at radius 3 is 1.88 bits per heavy atom. The molecule has 25 heavy (non-hydrogen) atoms. The number of thiol groups is 3. The van der Waals surface area contributed by atoms with Crippen molar-refractivity contribution in [3.05, 3.63) is 0 Å². The number of rotatable bonds is 14. The molecule has 0 aliphatic rings. The lowest BCUT2D eigenvalue weighted by molar-refractivity contribution is 0.930. The van der Waals surface area contributed by atoms with Crippen molar-refractivity contribution >= 4 is 96.8 Å². The van der Waals surface area contributed by atoms with Crippen LogP contribution in [-0.4, -0.2) is 71.5 Å². The molecule has 0 bridgehead atoms. The topological polar surface area (TPSA) is 90.7 Å². The van der Waals surface area contributed by atoms with Crippen LogP contribution in [0.4, 0.5) is 11.9 Å². The Morgan fingerprint density at radius 2 is 1.36 bits per heavy atom. The molecule has 0 spiro atoms. The summed E-state index contributed by atoms with van der Waals surface area (Å²) >= 11 is 20.7. The number of aromatic nitrogens is 3. The zero-order valence-corrected chi connectivity index (χ0v) is 19.7. The van der Waals surface area contributed by atoms with E-state index >= 15 is 0 Å². The van der Waals surface area contributed by atoms with Crippen LogP contribution in [0.15, 0.2) is 5.16 Å². The van der Waals surface area contributed by atoms with Crippen molar-refractivity contribution in [1.29, 1.82) is 0 Å². The van der Waals surface area contributed by atoms with E-state index in [1.165, 1.54) is 0 Å². The highest BCUT2D eigenvalue weighted by molar-refractivity contribution is 8.06. The molecule has 0 aromatic carbocycles. The SMILES string of the molecule is Nc1nc(N)nc(SCCSCC(CS)SC(CS)CSCCS)n1. The van der Waals surface area contributed by atoms with Gasteiger partial charge in [-0.15, -0.1) is 0 Å². The molecule has 5 nitrogen and oxygen atoms in total. The maximum Gasteiger partial charge on any atom is 0.225 e. The molecule has 1 aromatic heterocycles. The van der Waals surface area contributed by atoms with Crippen LogP contribution in [0.3, 0.4) is 0 Å². The van der Waals surface area contributed by atoms with Gasteiger partial charge in [-0.1, -0.05) is 11.8 Å². The number of nitrogen functional groups attached to an aromatic ring is 2. The predicted molar refractivity (Wildman–Crippen MR) is 131 cm³/mol. The summed E-state index contributed by atoms with van der Waals surface area (Å²) in [6.45, 7) is 0. The molecule has 0 aliphatic carbocycles. The van der Waals surface area contributed by atoms with Gasteiger partial charge in [-0.25, -0.2) is 0 Å². The van der Waals surface area contributed by atoms with Crippen LogP contribution >= 0.6 is 84.9 Å². The summed E-state index contributed by atoms with van der Waals surface area (Å²) in [4.78, 5) is 11.9. The third kappa shape index (κ3) is 11.5. The van der Waals surface area contributed by atoms with E-state index in [0.717, 1.165) is 46.0 Å². The fourth-order valence-corrected chi connectivity index (χ4v) is 7.64. The van der Waals surface area contributed by atoms with Crippen LogP contribution in [-0.2, 0) is 0 Å². The van der Waals surface area contributed by atoms with E-state index in [1.807, 2.05) is 35.3 Å². The molecule has 0 saturated carbocycles. The van der Waals surface area contributed by atoms with E-state index in [2.05, 4.69) is 52.8 Å². The molecule has 0 radical (unpaired) electrons. The highest BCUT2D eigenvalue weighted by Crippen LogP contribution is 2.27. The summed E-state index contributed by atoms with van der Waals surface area (Å²) in [5.74, 6) is 8.27. The van der Waals surface area contributed by atoms with Crippen LogP contribution in [0.5, 0.6) is 0 Å². The van der Waals surface area contributed by atoms with E-state index in [1.54, 1.807) is 11.8 Å². The van der Waals surface area contributed by atoms with Gasteiger partial charge in [-0.3, -0.25) is 0 Å². The molecule has 144 valence electrons. The number of anilines is 2. The van der Waals surface area contributed by atoms with Crippen LogP contribution in [0.2, 0.25) is 0 Å². The van der Waals surface area contributed by atoms with Gasteiger partial charge in [0.2, 0.25) is 11.9 Å². The van der Waals surface area contributed by atoms with Crippen molar-refractivity contribution < 1.29 is 0 Å². The Morgan fingerprint density at radius 1 is 0.800 bits per heavy atom. The van der Waals surface area contributed by atoms with Crippen molar-refractivity contribution in [2.24, 2.45) is 0 Å². The fourth-order valence-electron chi connectivity index (χ4n) is 1.68. The third-order valence-corrected chi connectivity index (χ3v) is 9.87. The highest BCUT2D eigenvalue weighted by atomic mass is 32.2. The van der Waals surface area contributed by atoms with Gasteiger partial charge in [-0.2, -0.15) is 88.1 Å². The van der Waals surface area contributed by atoms with E-state index in [4.69, 9.17) is 11.5 Å². The Balaban J connectivity index is 2.23. The lowest BCUT2D eigenvalue weighted by atomic mass is 10.5. The van der Waals surface area contributed by atoms with Gasteiger partial charge >= 0.3 is 0 Å². The molecular formula is C13H25N5S7. The van der Waals surface area contributed by atoms with Gasteiger partial charge in [0.25, 0.3) is 0 Å². The standard InChI is InChI=1S/C13H25N5S7/c14-11-16-12(15)18-13(17-11)24-4-3-23-8-10(6-21)25-9(5-20)7-22-2-1-19/h9-10,19-21H,1-8H2,(H4,14,15,16,17,18). The van der Waals surface area contributed by atoms with E-state index in [9.17, 15) is 0 Å². The van der Waals surface area contributed by atoms with E-state index < -0.39 is 0 Å². The third-order valence-electron chi connectivity index (χ3n) is 2.74. The monoisotopic (exact) mass is 475 g/mol. The first-order valence-electron chi connectivity index (χ1n) is 7.62. The molecular weight excluding hydrogens is 451 g/mol. The number of hydrogen-bond donors (Lipinski definition) is 5. The summed E-state index contributed by atoms with van der Waals surface area (Å²) in [6, 6.07) is 0. The van der Waals surface area contributed by atoms with Crippen molar-refractivity contribution in [1.82, 2.24) is 15.0 Å². The van der Waals surface area contributed by atoms with Crippen molar-refractivity contribution in [3.8, 4) is 0 Å². The highest BCUT2D eigenvalue weighted by Gasteiger charge is 2.15. The molecule has 1 heterocycles. The molecule has 0 amide bonds. The molecule has 1 aromatic rings. The van der Waals surface area contributed by atoms with E-state index in [0.29, 0.717) is 15.7 Å². The minimum absolute atomic E-state index is 0.169. The molecule has 0 aliphatic heterocycles. The Hall–Kier alpha value is 1.06. The van der Waals surface area contributed by atoms with Gasteiger partial charge in [0.1, 0.15) is 0 Å². The molecule has 2 atom stereocenters. The maximum absolute atomic E-state index is 5.57. The number of nitrogens with two attached hydrogens (primary N) is 2. The minimum Gasteiger partial charge on any atom is -0.368 e. The molecule has 12 heteroatoms. The summed E-state index contributed by atoms with van der Waals surface area (Å²) in [5, 5.41) is 1.69. The molecule has 4 N–H and O–H groups in total. The molecule has 0 saturated heterocycles. The second kappa shape index (κ2) is 15.0. The quantitative estimate of drug-likeness (QED) is 0.158. The van der Waals surface area contributed by atoms with Gasteiger partial charge in [0, 0.05) is 50.8 Å². The zero-order valence-electron chi connectivity index (χ0n) is 13.8. The van der Waals surface area contributed by atoms with Crippen LogP contribution in [0.25, 0.3) is 0 Å². The molecule has 2 unspecified atom stereocenters. The van der Waals surface area contributed by atoms with Gasteiger partial charge in [0.05, 0.1) is 0 Å². The Labute approximate surface area is 183 Å². The number of thioether (sulfide) groups is 4.